The summed E-state index contributed by atoms with van der Waals surface area (Å²) in [5, 5.41) is 7.74. The number of aromatic amines is 1. The minimum absolute atomic E-state index is 0. The molecule has 0 atom stereocenters. The molecule has 0 aliphatic carbocycles. The van der Waals surface area contributed by atoms with Crippen LogP contribution in [0.3, 0.4) is 0 Å². The van der Waals surface area contributed by atoms with Gasteiger partial charge in [-0.1, -0.05) is 18.2 Å². The summed E-state index contributed by atoms with van der Waals surface area (Å²) in [7, 11) is -1.46. The second kappa shape index (κ2) is 11.2. The van der Waals surface area contributed by atoms with Crippen molar-refractivity contribution >= 4 is 50.7 Å². The molecule has 1 aromatic heterocycles. The van der Waals surface area contributed by atoms with E-state index in [4.69, 9.17) is 4.74 Å². The van der Waals surface area contributed by atoms with Crippen LogP contribution in [0.15, 0.2) is 64.6 Å². The Kier molecular flexibility index (Phi) is 8.97. The lowest BCUT2D eigenvalue weighted by Crippen LogP contribution is -2.40. The van der Waals surface area contributed by atoms with Gasteiger partial charge in [0.2, 0.25) is 0 Å². The average molecular weight is 542 g/mol. The molecule has 0 aliphatic heterocycles. The molecule has 2 aromatic carbocycles. The van der Waals surface area contributed by atoms with Crippen molar-refractivity contribution in [2.75, 3.05) is 33.0 Å². The summed E-state index contributed by atoms with van der Waals surface area (Å²) in [4.78, 5) is 7.78. The molecule has 0 saturated heterocycles. The van der Waals surface area contributed by atoms with Crippen LogP contribution >= 0.6 is 24.0 Å². The Morgan fingerprint density at radius 2 is 1.77 bits per heavy atom. The van der Waals surface area contributed by atoms with Gasteiger partial charge in [0.05, 0.1) is 11.4 Å². The molecule has 0 fully saturated rings. The number of ether oxygens (including phenoxy) is 1. The molecule has 162 valence electrons. The lowest BCUT2D eigenvalue weighted by Gasteiger charge is -2.12. The number of hydrogen-bond donors (Lipinski definition) is 3. The highest BCUT2D eigenvalue weighted by molar-refractivity contribution is 14.0. The van der Waals surface area contributed by atoms with Crippen molar-refractivity contribution < 1.29 is 13.2 Å². The number of fused-ring (bicyclic) bond motifs is 1. The topological polar surface area (TPSA) is 95.6 Å². The van der Waals surface area contributed by atoms with Crippen LogP contribution in [0, 0.1) is 0 Å². The molecule has 0 bridgehead atoms. The number of para-hydroxylation sites is 1. The number of hydrogen-bond acceptors (Lipinski definition) is 4. The first-order chi connectivity index (χ1) is 14.0. The number of guanidine groups is 1. The molecule has 30 heavy (non-hydrogen) atoms. The van der Waals surface area contributed by atoms with Crippen molar-refractivity contribution in [3.8, 4) is 5.75 Å². The standard InChI is InChI=1S/C21H26N4O3S.HI/c1-22-21(23-12-11-16-15-25-20-6-4-3-5-19(16)20)24-13-14-28-17-7-9-18(10-8-17)29(2,26)27;/h3-10,15,25H,11-14H2,1-2H3,(H2,22,23,24);1H. The summed E-state index contributed by atoms with van der Waals surface area (Å²) in [6.07, 6.45) is 4.11. The van der Waals surface area contributed by atoms with Gasteiger partial charge < -0.3 is 20.4 Å². The summed E-state index contributed by atoms with van der Waals surface area (Å²) in [6.45, 7) is 1.76. The first kappa shape index (κ1) is 24.0. The van der Waals surface area contributed by atoms with Gasteiger partial charge in [-0.25, -0.2) is 8.42 Å². The van der Waals surface area contributed by atoms with E-state index in [0.717, 1.165) is 18.5 Å². The minimum atomic E-state index is -3.19. The molecule has 0 amide bonds. The molecule has 0 spiro atoms. The van der Waals surface area contributed by atoms with Crippen LogP contribution < -0.4 is 15.4 Å². The van der Waals surface area contributed by atoms with Crippen LogP contribution in [0.1, 0.15) is 5.56 Å². The third kappa shape index (κ3) is 6.63. The smallest absolute Gasteiger partial charge is 0.191 e. The van der Waals surface area contributed by atoms with E-state index in [2.05, 4.69) is 32.7 Å². The van der Waals surface area contributed by atoms with Crippen LogP contribution in [0.5, 0.6) is 5.75 Å². The zero-order valence-electron chi connectivity index (χ0n) is 17.0. The molecule has 0 aliphatic rings. The molecule has 1 heterocycles. The van der Waals surface area contributed by atoms with Gasteiger partial charge in [-0.05, 0) is 42.3 Å². The Morgan fingerprint density at radius 3 is 2.47 bits per heavy atom. The van der Waals surface area contributed by atoms with Crippen molar-refractivity contribution in [2.24, 2.45) is 4.99 Å². The molecule has 0 radical (unpaired) electrons. The summed E-state index contributed by atoms with van der Waals surface area (Å²) in [5.41, 5.74) is 2.41. The first-order valence-corrected chi connectivity index (χ1v) is 11.3. The van der Waals surface area contributed by atoms with Gasteiger partial charge in [0, 0.05) is 36.9 Å². The van der Waals surface area contributed by atoms with Gasteiger partial charge in [0.1, 0.15) is 12.4 Å². The number of nitrogens with one attached hydrogen (secondary N) is 3. The molecule has 9 heteroatoms. The number of benzene rings is 2. The zero-order chi connectivity index (χ0) is 20.7. The number of aromatic nitrogens is 1. The van der Waals surface area contributed by atoms with Crippen molar-refractivity contribution in [1.82, 2.24) is 15.6 Å². The molecule has 3 aromatic rings. The Labute approximate surface area is 194 Å². The average Bonchev–Trinajstić information content (AvgIpc) is 3.12. The van der Waals surface area contributed by atoms with Crippen molar-refractivity contribution in [3.63, 3.8) is 0 Å². The quantitative estimate of drug-likeness (QED) is 0.176. The Hall–Kier alpha value is -2.27. The van der Waals surface area contributed by atoms with E-state index in [-0.39, 0.29) is 28.9 Å². The van der Waals surface area contributed by atoms with E-state index in [0.29, 0.717) is 24.9 Å². The monoisotopic (exact) mass is 542 g/mol. The second-order valence-corrected chi connectivity index (χ2v) is 8.64. The van der Waals surface area contributed by atoms with Gasteiger partial charge >= 0.3 is 0 Å². The number of sulfone groups is 1. The maximum atomic E-state index is 11.5. The highest BCUT2D eigenvalue weighted by Gasteiger charge is 2.06. The van der Waals surface area contributed by atoms with Crippen LogP contribution in [0.2, 0.25) is 0 Å². The van der Waals surface area contributed by atoms with E-state index in [9.17, 15) is 8.42 Å². The SMILES string of the molecule is CN=C(NCCOc1ccc(S(C)(=O)=O)cc1)NCCc1c[nH]c2ccccc12.I. The predicted octanol–water partition coefficient (Wildman–Crippen LogP) is 2.98. The number of H-pyrrole nitrogens is 1. The fraction of sp³-hybridized carbons (Fsp3) is 0.286. The lowest BCUT2D eigenvalue weighted by atomic mass is 10.1. The number of rotatable bonds is 8. The van der Waals surface area contributed by atoms with Gasteiger partial charge in [0.15, 0.2) is 15.8 Å². The summed E-state index contributed by atoms with van der Waals surface area (Å²) in [6, 6.07) is 14.7. The molecule has 3 N–H and O–H groups in total. The van der Waals surface area contributed by atoms with Crippen molar-refractivity contribution in [3.05, 3.63) is 60.3 Å². The third-order valence-electron chi connectivity index (χ3n) is 4.50. The highest BCUT2D eigenvalue weighted by atomic mass is 127. The number of aliphatic imine (C=N–C) groups is 1. The fourth-order valence-corrected chi connectivity index (χ4v) is 3.63. The van der Waals surface area contributed by atoms with Gasteiger partial charge in [-0.15, -0.1) is 24.0 Å². The number of nitrogens with zero attached hydrogens (tertiary/aromatic N) is 1. The maximum Gasteiger partial charge on any atom is 0.191 e. The molecular formula is C21H27IN4O3S. The molecule has 0 unspecified atom stereocenters. The summed E-state index contributed by atoms with van der Waals surface area (Å²) >= 11 is 0. The molecule has 7 nitrogen and oxygen atoms in total. The first-order valence-electron chi connectivity index (χ1n) is 9.40. The Balaban J connectivity index is 0.00000320. The largest absolute Gasteiger partial charge is 0.492 e. The number of halogens is 1. The van der Waals surface area contributed by atoms with Gasteiger partial charge in [-0.2, -0.15) is 0 Å². The minimum Gasteiger partial charge on any atom is -0.492 e. The van der Waals surface area contributed by atoms with Crippen LogP contribution in [0.25, 0.3) is 10.9 Å². The van der Waals surface area contributed by atoms with Crippen LogP contribution in [0.4, 0.5) is 0 Å². The summed E-state index contributed by atoms with van der Waals surface area (Å²) < 4.78 is 28.6. The highest BCUT2D eigenvalue weighted by Crippen LogP contribution is 2.17. The second-order valence-electron chi connectivity index (χ2n) is 6.63. The molecule has 0 saturated carbocycles. The van der Waals surface area contributed by atoms with E-state index < -0.39 is 9.84 Å². The summed E-state index contributed by atoms with van der Waals surface area (Å²) in [5.74, 6) is 1.34. The normalized spacial score (nSPS) is 11.7. The van der Waals surface area contributed by atoms with Crippen LogP contribution in [-0.2, 0) is 16.3 Å². The van der Waals surface area contributed by atoms with Crippen molar-refractivity contribution in [2.45, 2.75) is 11.3 Å². The van der Waals surface area contributed by atoms with E-state index in [1.807, 2.05) is 18.3 Å². The van der Waals surface area contributed by atoms with E-state index in [1.54, 1.807) is 31.3 Å². The third-order valence-corrected chi connectivity index (χ3v) is 5.63. The van der Waals surface area contributed by atoms with Gasteiger partial charge in [-0.3, -0.25) is 4.99 Å². The van der Waals surface area contributed by atoms with Gasteiger partial charge in [0.25, 0.3) is 0 Å². The lowest BCUT2D eigenvalue weighted by molar-refractivity contribution is 0.321. The maximum absolute atomic E-state index is 11.5. The Bertz CT molecular complexity index is 1080. The van der Waals surface area contributed by atoms with E-state index in [1.165, 1.54) is 17.2 Å². The Morgan fingerprint density at radius 1 is 1.07 bits per heavy atom. The predicted molar refractivity (Wildman–Crippen MR) is 132 cm³/mol. The molecular weight excluding hydrogens is 515 g/mol. The zero-order valence-corrected chi connectivity index (χ0v) is 20.2. The fourth-order valence-electron chi connectivity index (χ4n) is 3.00. The van der Waals surface area contributed by atoms with Crippen molar-refractivity contribution in [1.29, 1.82) is 0 Å². The van der Waals surface area contributed by atoms with E-state index >= 15 is 0 Å². The molecule has 3 rings (SSSR count). The van der Waals surface area contributed by atoms with Crippen LogP contribution in [-0.4, -0.2) is 52.4 Å².